The third-order valence-corrected chi connectivity index (χ3v) is 4.05. The first-order chi connectivity index (χ1) is 9.08. The fraction of sp³-hybridized carbons (Fsp3) is 0.400. The molecule has 1 atom stereocenters. The van der Waals surface area contributed by atoms with Crippen LogP contribution in [0.5, 0.6) is 0 Å². The Kier molecular flexibility index (Phi) is 4.42. The number of rotatable bonds is 4. The Morgan fingerprint density at radius 3 is 2.74 bits per heavy atom. The first-order valence-electron chi connectivity index (χ1n) is 6.54. The van der Waals surface area contributed by atoms with E-state index in [1.54, 1.807) is 0 Å². The molecule has 0 fully saturated rings. The van der Waals surface area contributed by atoms with Crippen LogP contribution in [0.15, 0.2) is 28.9 Å². The SMILES string of the molecule is CCn1ncc(Br)c1C(NC)c1cc(C)ccc1C. The molecular weight excluding hydrogens is 302 g/mol. The van der Waals surface area contributed by atoms with Gasteiger partial charge in [-0.15, -0.1) is 0 Å². The minimum absolute atomic E-state index is 0.150. The lowest BCUT2D eigenvalue weighted by molar-refractivity contribution is 0.560. The Morgan fingerprint density at radius 2 is 2.11 bits per heavy atom. The third kappa shape index (κ3) is 2.74. The van der Waals surface area contributed by atoms with Gasteiger partial charge in [-0.25, -0.2) is 0 Å². The van der Waals surface area contributed by atoms with E-state index in [4.69, 9.17) is 0 Å². The summed E-state index contributed by atoms with van der Waals surface area (Å²) in [5, 5.41) is 7.82. The highest BCUT2D eigenvalue weighted by molar-refractivity contribution is 9.10. The lowest BCUT2D eigenvalue weighted by Crippen LogP contribution is -2.22. The van der Waals surface area contributed by atoms with Gasteiger partial charge in [0, 0.05) is 6.54 Å². The Labute approximate surface area is 123 Å². The molecule has 1 aromatic carbocycles. The molecule has 0 saturated carbocycles. The first-order valence-corrected chi connectivity index (χ1v) is 7.33. The fourth-order valence-corrected chi connectivity index (χ4v) is 2.95. The van der Waals surface area contributed by atoms with Crippen LogP contribution in [0.1, 0.15) is 35.3 Å². The van der Waals surface area contributed by atoms with Crippen molar-refractivity contribution >= 4 is 15.9 Å². The second kappa shape index (κ2) is 5.88. The van der Waals surface area contributed by atoms with Gasteiger partial charge in [-0.05, 0) is 54.9 Å². The number of aryl methyl sites for hydroxylation is 3. The number of halogens is 1. The molecule has 0 radical (unpaired) electrons. The molecule has 4 heteroatoms. The smallest absolute Gasteiger partial charge is 0.0760 e. The molecule has 3 nitrogen and oxygen atoms in total. The largest absolute Gasteiger partial charge is 0.308 e. The Bertz CT molecular complexity index is 575. The molecule has 0 aliphatic heterocycles. The predicted molar refractivity (Wildman–Crippen MR) is 82.4 cm³/mol. The van der Waals surface area contributed by atoms with E-state index in [1.165, 1.54) is 22.4 Å². The number of nitrogens with zero attached hydrogens (tertiary/aromatic N) is 2. The molecule has 19 heavy (non-hydrogen) atoms. The van der Waals surface area contributed by atoms with Crippen molar-refractivity contribution in [3.63, 3.8) is 0 Å². The third-order valence-electron chi connectivity index (χ3n) is 3.44. The van der Waals surface area contributed by atoms with Gasteiger partial charge in [0.1, 0.15) is 0 Å². The standard InChI is InChI=1S/C15H20BrN3/c1-5-19-15(13(16)9-18-19)14(17-4)12-8-10(2)6-7-11(12)3/h6-9,14,17H,5H2,1-4H3. The minimum atomic E-state index is 0.150. The molecule has 0 aliphatic rings. The second-order valence-corrected chi connectivity index (χ2v) is 5.63. The van der Waals surface area contributed by atoms with Gasteiger partial charge in [0.15, 0.2) is 0 Å². The second-order valence-electron chi connectivity index (χ2n) is 4.78. The van der Waals surface area contributed by atoms with Gasteiger partial charge >= 0.3 is 0 Å². The topological polar surface area (TPSA) is 29.9 Å². The van der Waals surface area contributed by atoms with Crippen molar-refractivity contribution in [3.8, 4) is 0 Å². The van der Waals surface area contributed by atoms with Crippen LogP contribution in [-0.4, -0.2) is 16.8 Å². The molecule has 102 valence electrons. The van der Waals surface area contributed by atoms with E-state index >= 15 is 0 Å². The highest BCUT2D eigenvalue weighted by Gasteiger charge is 2.21. The van der Waals surface area contributed by atoms with Crippen LogP contribution in [0.25, 0.3) is 0 Å². The summed E-state index contributed by atoms with van der Waals surface area (Å²) in [5.74, 6) is 0. The van der Waals surface area contributed by atoms with Gasteiger partial charge in [-0.1, -0.05) is 23.8 Å². The van der Waals surface area contributed by atoms with Gasteiger partial charge in [-0.3, -0.25) is 4.68 Å². The van der Waals surface area contributed by atoms with Crippen molar-refractivity contribution in [2.75, 3.05) is 7.05 Å². The van der Waals surface area contributed by atoms with Crippen LogP contribution in [-0.2, 0) is 6.54 Å². The quantitative estimate of drug-likeness (QED) is 0.932. The van der Waals surface area contributed by atoms with E-state index in [-0.39, 0.29) is 6.04 Å². The number of nitrogens with one attached hydrogen (secondary N) is 1. The molecule has 0 bridgehead atoms. The summed E-state index contributed by atoms with van der Waals surface area (Å²) in [6.45, 7) is 7.25. The first kappa shape index (κ1) is 14.3. The maximum Gasteiger partial charge on any atom is 0.0760 e. The number of benzene rings is 1. The average molecular weight is 322 g/mol. The monoisotopic (exact) mass is 321 g/mol. The Morgan fingerprint density at radius 1 is 1.37 bits per heavy atom. The highest BCUT2D eigenvalue weighted by Crippen LogP contribution is 2.30. The lowest BCUT2D eigenvalue weighted by Gasteiger charge is -2.21. The van der Waals surface area contributed by atoms with Crippen LogP contribution in [0, 0.1) is 13.8 Å². The van der Waals surface area contributed by atoms with Gasteiger partial charge in [-0.2, -0.15) is 5.10 Å². The van der Waals surface area contributed by atoms with Crippen LogP contribution in [0.2, 0.25) is 0 Å². The van der Waals surface area contributed by atoms with Crippen LogP contribution in [0.3, 0.4) is 0 Å². The van der Waals surface area contributed by atoms with Crippen LogP contribution >= 0.6 is 15.9 Å². The normalized spacial score (nSPS) is 12.7. The van der Waals surface area contributed by atoms with E-state index in [0.29, 0.717) is 0 Å². The maximum absolute atomic E-state index is 4.41. The molecule has 0 spiro atoms. The number of aromatic nitrogens is 2. The number of hydrogen-bond donors (Lipinski definition) is 1. The summed E-state index contributed by atoms with van der Waals surface area (Å²) in [7, 11) is 1.99. The van der Waals surface area contributed by atoms with Crippen molar-refractivity contribution in [2.45, 2.75) is 33.4 Å². The van der Waals surface area contributed by atoms with Crippen molar-refractivity contribution in [1.29, 1.82) is 0 Å². The average Bonchev–Trinajstić information content (AvgIpc) is 2.76. The van der Waals surface area contributed by atoms with Gasteiger partial charge in [0.05, 0.1) is 22.4 Å². The molecule has 0 amide bonds. The van der Waals surface area contributed by atoms with Crippen molar-refractivity contribution in [1.82, 2.24) is 15.1 Å². The lowest BCUT2D eigenvalue weighted by atomic mass is 9.97. The molecule has 1 unspecified atom stereocenters. The maximum atomic E-state index is 4.41. The zero-order valence-corrected chi connectivity index (χ0v) is 13.5. The molecule has 0 aliphatic carbocycles. The van der Waals surface area contributed by atoms with Gasteiger partial charge < -0.3 is 5.32 Å². The highest BCUT2D eigenvalue weighted by atomic mass is 79.9. The summed E-state index contributed by atoms with van der Waals surface area (Å²) in [5.41, 5.74) is 5.05. The van der Waals surface area contributed by atoms with Crippen LogP contribution < -0.4 is 5.32 Å². The number of hydrogen-bond acceptors (Lipinski definition) is 2. The molecule has 1 heterocycles. The summed E-state index contributed by atoms with van der Waals surface area (Å²) >= 11 is 3.62. The molecule has 2 aromatic rings. The molecule has 1 N–H and O–H groups in total. The molecule has 2 rings (SSSR count). The predicted octanol–water partition coefficient (Wildman–Crippen LogP) is 3.59. The fourth-order valence-electron chi connectivity index (χ4n) is 2.42. The van der Waals surface area contributed by atoms with E-state index in [1.807, 2.05) is 17.9 Å². The molecule has 0 saturated heterocycles. The molecule has 1 aromatic heterocycles. The molecular formula is C15H20BrN3. The van der Waals surface area contributed by atoms with Crippen molar-refractivity contribution in [2.24, 2.45) is 0 Å². The summed E-state index contributed by atoms with van der Waals surface area (Å²) in [6, 6.07) is 6.72. The van der Waals surface area contributed by atoms with E-state index in [0.717, 1.165) is 11.0 Å². The Hall–Kier alpha value is -1.13. The summed E-state index contributed by atoms with van der Waals surface area (Å²) in [4.78, 5) is 0. The van der Waals surface area contributed by atoms with Crippen LogP contribution in [0.4, 0.5) is 0 Å². The zero-order chi connectivity index (χ0) is 14.0. The summed E-state index contributed by atoms with van der Waals surface area (Å²) in [6.07, 6.45) is 1.87. The van der Waals surface area contributed by atoms with E-state index in [2.05, 4.69) is 65.3 Å². The minimum Gasteiger partial charge on any atom is -0.308 e. The van der Waals surface area contributed by atoms with Gasteiger partial charge in [0.2, 0.25) is 0 Å². The van der Waals surface area contributed by atoms with Crippen molar-refractivity contribution in [3.05, 3.63) is 51.3 Å². The van der Waals surface area contributed by atoms with E-state index < -0.39 is 0 Å². The van der Waals surface area contributed by atoms with Crippen molar-refractivity contribution < 1.29 is 0 Å². The zero-order valence-electron chi connectivity index (χ0n) is 11.9. The summed E-state index contributed by atoms with van der Waals surface area (Å²) < 4.78 is 3.09. The Balaban J connectivity index is 2.56. The van der Waals surface area contributed by atoms with Gasteiger partial charge in [0.25, 0.3) is 0 Å². The van der Waals surface area contributed by atoms with E-state index in [9.17, 15) is 0 Å².